The maximum Gasteiger partial charge on any atom is 0.410 e. The number of pyridine rings is 1. The fourth-order valence-corrected chi connectivity index (χ4v) is 3.25. The third-order valence-electron chi connectivity index (χ3n) is 3.99. The molecule has 1 aromatic carbocycles. The lowest BCUT2D eigenvalue weighted by Gasteiger charge is -2.24. The van der Waals surface area contributed by atoms with Crippen LogP contribution in [0.1, 0.15) is 31.9 Å². The largest absolute Gasteiger partial charge is 0.492 e. The molecule has 0 unspecified atom stereocenters. The highest BCUT2D eigenvalue weighted by Crippen LogP contribution is 2.44. The van der Waals surface area contributed by atoms with Crippen LogP contribution < -0.4 is 9.47 Å². The number of rotatable bonds is 2. The van der Waals surface area contributed by atoms with E-state index < -0.39 is 5.60 Å². The van der Waals surface area contributed by atoms with E-state index in [2.05, 4.69) is 4.98 Å². The van der Waals surface area contributed by atoms with Gasteiger partial charge in [0.25, 0.3) is 0 Å². The molecule has 0 radical (unpaired) electrons. The van der Waals surface area contributed by atoms with Crippen LogP contribution in [0.4, 0.5) is 4.79 Å². The molecule has 0 saturated heterocycles. The predicted molar refractivity (Wildman–Crippen MR) is 95.3 cm³/mol. The van der Waals surface area contributed by atoms with Gasteiger partial charge in [-0.3, -0.25) is 9.88 Å². The topological polar surface area (TPSA) is 60.9 Å². The Kier molecular flexibility index (Phi) is 4.41. The number of halogens is 1. The first-order valence-electron chi connectivity index (χ1n) is 7.94. The molecule has 1 aliphatic heterocycles. The molecule has 0 aliphatic carbocycles. The van der Waals surface area contributed by atoms with Crippen molar-refractivity contribution in [1.29, 1.82) is 0 Å². The van der Waals surface area contributed by atoms with Crippen molar-refractivity contribution < 1.29 is 19.0 Å². The smallest absolute Gasteiger partial charge is 0.410 e. The van der Waals surface area contributed by atoms with Gasteiger partial charge in [-0.1, -0.05) is 11.6 Å². The van der Waals surface area contributed by atoms with Gasteiger partial charge in [-0.25, -0.2) is 4.79 Å². The van der Waals surface area contributed by atoms with Crippen molar-refractivity contribution in [1.82, 2.24) is 9.88 Å². The van der Waals surface area contributed by atoms with Crippen LogP contribution in [0.3, 0.4) is 0 Å². The average Bonchev–Trinajstić information content (AvgIpc) is 2.96. The predicted octanol–water partition coefficient (Wildman–Crippen LogP) is 4.16. The van der Waals surface area contributed by atoms with Gasteiger partial charge in [0, 0.05) is 6.20 Å². The van der Waals surface area contributed by atoms with E-state index in [4.69, 9.17) is 25.8 Å². The zero-order valence-electron chi connectivity index (χ0n) is 15.0. The van der Waals surface area contributed by atoms with E-state index in [1.807, 2.05) is 20.8 Å². The van der Waals surface area contributed by atoms with E-state index in [1.165, 1.54) is 0 Å². The van der Waals surface area contributed by atoms with Crippen LogP contribution in [-0.4, -0.2) is 35.8 Å². The second-order valence-electron chi connectivity index (χ2n) is 6.92. The fourth-order valence-electron chi connectivity index (χ4n) is 2.99. The number of benzene rings is 1. The highest BCUT2D eigenvalue weighted by molar-refractivity contribution is 6.33. The summed E-state index contributed by atoms with van der Waals surface area (Å²) in [5.74, 6) is 0.989. The SMILES string of the molecule is COc1c(Cl)cc2ncc3c(c2c1OC)CN(C(=O)OC(C)(C)C)C3. The van der Waals surface area contributed by atoms with Crippen LogP contribution in [-0.2, 0) is 17.8 Å². The Labute approximate surface area is 151 Å². The van der Waals surface area contributed by atoms with E-state index in [0.717, 1.165) is 16.5 Å². The molecular formula is C18H21ClN2O4. The molecule has 2 heterocycles. The second kappa shape index (κ2) is 6.26. The molecule has 1 aliphatic rings. The molecule has 25 heavy (non-hydrogen) atoms. The Morgan fingerprint density at radius 3 is 2.48 bits per heavy atom. The molecule has 0 N–H and O–H groups in total. The Hall–Kier alpha value is -2.21. The number of methoxy groups -OCH3 is 2. The average molecular weight is 365 g/mol. The normalized spacial score (nSPS) is 13.8. The van der Waals surface area contributed by atoms with Crippen molar-refractivity contribution in [3.05, 3.63) is 28.4 Å². The van der Waals surface area contributed by atoms with Gasteiger partial charge in [0.15, 0.2) is 11.5 Å². The zero-order valence-corrected chi connectivity index (χ0v) is 15.7. The first-order chi connectivity index (χ1) is 11.7. The molecule has 0 bridgehead atoms. The van der Waals surface area contributed by atoms with Gasteiger partial charge in [-0.2, -0.15) is 0 Å². The van der Waals surface area contributed by atoms with Crippen molar-refractivity contribution in [2.75, 3.05) is 14.2 Å². The third kappa shape index (κ3) is 3.18. The Morgan fingerprint density at radius 2 is 1.88 bits per heavy atom. The molecule has 1 aromatic heterocycles. The van der Waals surface area contributed by atoms with Crippen LogP contribution in [0.15, 0.2) is 12.3 Å². The first-order valence-corrected chi connectivity index (χ1v) is 8.32. The van der Waals surface area contributed by atoms with Crippen LogP contribution in [0.2, 0.25) is 5.02 Å². The highest BCUT2D eigenvalue weighted by atomic mass is 35.5. The lowest BCUT2D eigenvalue weighted by Crippen LogP contribution is -2.33. The minimum atomic E-state index is -0.541. The van der Waals surface area contributed by atoms with Crippen LogP contribution in [0.25, 0.3) is 10.9 Å². The Bertz CT molecular complexity index is 845. The molecule has 7 heteroatoms. The van der Waals surface area contributed by atoms with E-state index in [-0.39, 0.29) is 6.09 Å². The van der Waals surface area contributed by atoms with E-state index in [9.17, 15) is 4.79 Å². The molecule has 0 saturated carbocycles. The lowest BCUT2D eigenvalue weighted by atomic mass is 10.0. The van der Waals surface area contributed by atoms with Crippen LogP contribution in [0, 0.1) is 0 Å². The molecule has 1 amide bonds. The molecule has 0 spiro atoms. The van der Waals surface area contributed by atoms with Gasteiger partial charge < -0.3 is 14.2 Å². The van der Waals surface area contributed by atoms with Gasteiger partial charge >= 0.3 is 6.09 Å². The second-order valence-corrected chi connectivity index (χ2v) is 7.32. The molecule has 2 aromatic rings. The number of hydrogen-bond acceptors (Lipinski definition) is 5. The van der Waals surface area contributed by atoms with Crippen LogP contribution in [0.5, 0.6) is 11.5 Å². The highest BCUT2D eigenvalue weighted by Gasteiger charge is 2.31. The summed E-state index contributed by atoms with van der Waals surface area (Å²) in [6.07, 6.45) is 1.42. The summed E-state index contributed by atoms with van der Waals surface area (Å²) in [4.78, 5) is 18.5. The summed E-state index contributed by atoms with van der Waals surface area (Å²) in [5, 5.41) is 1.24. The number of hydrogen-bond donors (Lipinski definition) is 0. The van der Waals surface area contributed by atoms with E-state index in [1.54, 1.807) is 31.4 Å². The summed E-state index contributed by atoms with van der Waals surface area (Å²) >= 11 is 6.26. The van der Waals surface area contributed by atoms with E-state index in [0.29, 0.717) is 35.1 Å². The Morgan fingerprint density at radius 1 is 1.20 bits per heavy atom. The van der Waals surface area contributed by atoms with Gasteiger partial charge in [0.05, 0.1) is 43.2 Å². The van der Waals surface area contributed by atoms with Crippen molar-refractivity contribution in [3.63, 3.8) is 0 Å². The van der Waals surface area contributed by atoms with Gasteiger partial charge in [-0.15, -0.1) is 0 Å². The standard InChI is InChI=1S/C18H21ClN2O4/c1-18(2,3)25-17(22)21-8-10-7-20-13-6-12(19)15(23-4)16(24-5)14(13)11(10)9-21/h6-7H,8-9H2,1-5H3. The summed E-state index contributed by atoms with van der Waals surface area (Å²) in [5.41, 5.74) is 2.09. The number of amides is 1. The maximum atomic E-state index is 12.4. The molecular weight excluding hydrogens is 344 g/mol. The minimum absolute atomic E-state index is 0.350. The number of carbonyl (C=O) groups excluding carboxylic acids is 1. The lowest BCUT2D eigenvalue weighted by molar-refractivity contribution is 0.0242. The number of nitrogens with zero attached hydrogens (tertiary/aromatic N) is 2. The Balaban J connectivity index is 2.07. The maximum absolute atomic E-state index is 12.4. The van der Waals surface area contributed by atoms with Crippen molar-refractivity contribution in [2.45, 2.75) is 39.5 Å². The van der Waals surface area contributed by atoms with Gasteiger partial charge in [0.1, 0.15) is 5.60 Å². The summed E-state index contributed by atoms with van der Waals surface area (Å²) < 4.78 is 16.4. The number of ether oxygens (including phenoxy) is 3. The van der Waals surface area contributed by atoms with Crippen molar-refractivity contribution >= 4 is 28.6 Å². The third-order valence-corrected chi connectivity index (χ3v) is 4.27. The summed E-state index contributed by atoms with van der Waals surface area (Å²) in [6, 6.07) is 1.74. The van der Waals surface area contributed by atoms with Crippen molar-refractivity contribution in [2.24, 2.45) is 0 Å². The number of carbonyl (C=O) groups is 1. The fraction of sp³-hybridized carbons (Fsp3) is 0.444. The van der Waals surface area contributed by atoms with Crippen molar-refractivity contribution in [3.8, 4) is 11.5 Å². The van der Waals surface area contributed by atoms with E-state index >= 15 is 0 Å². The zero-order chi connectivity index (χ0) is 18.4. The summed E-state index contributed by atoms with van der Waals surface area (Å²) in [7, 11) is 3.10. The molecule has 134 valence electrons. The first kappa shape index (κ1) is 17.6. The molecule has 3 rings (SSSR count). The molecule has 6 nitrogen and oxygen atoms in total. The minimum Gasteiger partial charge on any atom is -0.492 e. The monoisotopic (exact) mass is 364 g/mol. The molecule has 0 atom stereocenters. The number of fused-ring (bicyclic) bond motifs is 3. The van der Waals surface area contributed by atoms with Crippen LogP contribution >= 0.6 is 11.6 Å². The number of aromatic nitrogens is 1. The quantitative estimate of drug-likeness (QED) is 0.800. The van der Waals surface area contributed by atoms with Gasteiger partial charge in [-0.05, 0) is 38.0 Å². The van der Waals surface area contributed by atoms with Gasteiger partial charge in [0.2, 0.25) is 0 Å². The summed E-state index contributed by atoms with van der Waals surface area (Å²) in [6.45, 7) is 6.41. The molecule has 0 fully saturated rings.